The number of aliphatic hydroxyl groups is 1. The molecule has 0 bridgehead atoms. The number of anilines is 1. The van der Waals surface area contributed by atoms with Gasteiger partial charge in [-0.1, -0.05) is 41.4 Å². The molecule has 5 heteroatoms. The van der Waals surface area contributed by atoms with Crippen LogP contribution in [0.3, 0.4) is 0 Å². The molecule has 0 amide bonds. The van der Waals surface area contributed by atoms with Crippen LogP contribution in [0.5, 0.6) is 5.75 Å². The average molecular weight is 352 g/mol. The standard InChI is InChI=1S/C18H19Cl2NO2/c19-14-7-8-18(16(20)10-14)23-12-15(22)11-21-9-3-5-13-4-1-2-6-17(13)21/h1-2,4,6-8,10,15,22H,3,5,9,11-12H2. The molecule has 0 saturated carbocycles. The molecule has 0 fully saturated rings. The first kappa shape index (κ1) is 16.4. The number of benzene rings is 2. The van der Waals surface area contributed by atoms with E-state index in [0.717, 1.165) is 19.4 Å². The number of ether oxygens (including phenoxy) is 1. The Morgan fingerprint density at radius 3 is 2.83 bits per heavy atom. The summed E-state index contributed by atoms with van der Waals surface area (Å²) in [5.41, 5.74) is 2.55. The van der Waals surface area contributed by atoms with E-state index in [-0.39, 0.29) is 6.61 Å². The quantitative estimate of drug-likeness (QED) is 0.876. The number of hydrogen-bond acceptors (Lipinski definition) is 3. The summed E-state index contributed by atoms with van der Waals surface area (Å²) in [5, 5.41) is 11.3. The molecule has 1 aliphatic rings. The SMILES string of the molecule is OC(COc1ccc(Cl)cc1Cl)CN1CCCc2ccccc21. The molecular weight excluding hydrogens is 333 g/mol. The largest absolute Gasteiger partial charge is 0.489 e. The van der Waals surface area contributed by atoms with Gasteiger partial charge in [0.2, 0.25) is 0 Å². The fourth-order valence-corrected chi connectivity index (χ4v) is 3.35. The Bertz CT molecular complexity index is 678. The van der Waals surface area contributed by atoms with E-state index in [4.69, 9.17) is 27.9 Å². The third kappa shape index (κ3) is 4.11. The molecule has 3 rings (SSSR count). The summed E-state index contributed by atoms with van der Waals surface area (Å²) in [5.74, 6) is 0.536. The summed E-state index contributed by atoms with van der Waals surface area (Å²) >= 11 is 11.9. The van der Waals surface area contributed by atoms with Gasteiger partial charge in [-0.25, -0.2) is 0 Å². The van der Waals surface area contributed by atoms with Crippen molar-refractivity contribution >= 4 is 28.9 Å². The van der Waals surface area contributed by atoms with E-state index in [1.54, 1.807) is 18.2 Å². The topological polar surface area (TPSA) is 32.7 Å². The van der Waals surface area contributed by atoms with Crippen molar-refractivity contribution in [3.8, 4) is 5.75 Å². The number of β-amino-alcohol motifs (C(OH)–C–C–N with tert-alkyl or cyclic N) is 1. The fourth-order valence-electron chi connectivity index (χ4n) is 2.89. The van der Waals surface area contributed by atoms with Gasteiger partial charge in [-0.2, -0.15) is 0 Å². The lowest BCUT2D eigenvalue weighted by molar-refractivity contribution is 0.112. The van der Waals surface area contributed by atoms with Gasteiger partial charge in [-0.3, -0.25) is 0 Å². The summed E-state index contributed by atoms with van der Waals surface area (Å²) in [6.45, 7) is 1.69. The zero-order valence-electron chi connectivity index (χ0n) is 12.7. The number of fused-ring (bicyclic) bond motifs is 1. The predicted molar refractivity (Wildman–Crippen MR) is 94.9 cm³/mol. The van der Waals surface area contributed by atoms with Gasteiger partial charge in [0.1, 0.15) is 18.5 Å². The van der Waals surface area contributed by atoms with Crippen molar-refractivity contribution < 1.29 is 9.84 Å². The molecule has 1 atom stereocenters. The van der Waals surface area contributed by atoms with Crippen LogP contribution in [0.15, 0.2) is 42.5 Å². The summed E-state index contributed by atoms with van der Waals surface area (Å²) < 4.78 is 5.62. The van der Waals surface area contributed by atoms with E-state index in [0.29, 0.717) is 22.3 Å². The Labute approximate surface area is 146 Å². The second-order valence-corrected chi connectivity index (χ2v) is 6.56. The lowest BCUT2D eigenvalue weighted by Gasteiger charge is -2.32. The maximum Gasteiger partial charge on any atom is 0.138 e. The highest BCUT2D eigenvalue weighted by atomic mass is 35.5. The number of aryl methyl sites for hydroxylation is 1. The van der Waals surface area contributed by atoms with Crippen LogP contribution in [0.2, 0.25) is 10.0 Å². The van der Waals surface area contributed by atoms with Crippen molar-refractivity contribution in [2.75, 3.05) is 24.6 Å². The lowest BCUT2D eigenvalue weighted by atomic mass is 10.0. The second-order valence-electron chi connectivity index (χ2n) is 5.72. The van der Waals surface area contributed by atoms with Crippen molar-refractivity contribution in [1.82, 2.24) is 0 Å². The molecule has 3 nitrogen and oxygen atoms in total. The summed E-state index contributed by atoms with van der Waals surface area (Å²) in [7, 11) is 0. The van der Waals surface area contributed by atoms with Gasteiger partial charge >= 0.3 is 0 Å². The Hall–Kier alpha value is -1.42. The van der Waals surface area contributed by atoms with E-state index in [1.165, 1.54) is 11.3 Å². The van der Waals surface area contributed by atoms with Gasteiger partial charge < -0.3 is 14.7 Å². The van der Waals surface area contributed by atoms with Crippen molar-refractivity contribution in [3.05, 3.63) is 58.1 Å². The van der Waals surface area contributed by atoms with Crippen molar-refractivity contribution in [2.45, 2.75) is 18.9 Å². The fraction of sp³-hybridized carbons (Fsp3) is 0.333. The maximum atomic E-state index is 10.3. The molecule has 1 unspecified atom stereocenters. The van der Waals surface area contributed by atoms with Crippen LogP contribution in [-0.4, -0.2) is 30.9 Å². The van der Waals surface area contributed by atoms with Gasteiger partial charge in [0, 0.05) is 23.8 Å². The van der Waals surface area contributed by atoms with E-state index in [1.807, 2.05) is 6.07 Å². The van der Waals surface area contributed by atoms with Crippen LogP contribution < -0.4 is 9.64 Å². The molecule has 0 aromatic heterocycles. The van der Waals surface area contributed by atoms with Gasteiger partial charge in [-0.05, 0) is 42.7 Å². The van der Waals surface area contributed by atoms with Crippen LogP contribution in [-0.2, 0) is 6.42 Å². The van der Waals surface area contributed by atoms with Crippen LogP contribution in [0, 0.1) is 0 Å². The third-order valence-electron chi connectivity index (χ3n) is 3.96. The van der Waals surface area contributed by atoms with Gasteiger partial charge in [0.15, 0.2) is 0 Å². The van der Waals surface area contributed by atoms with Crippen molar-refractivity contribution in [1.29, 1.82) is 0 Å². The Morgan fingerprint density at radius 2 is 2.00 bits per heavy atom. The highest BCUT2D eigenvalue weighted by Gasteiger charge is 2.19. The van der Waals surface area contributed by atoms with Crippen LogP contribution in [0.1, 0.15) is 12.0 Å². The van der Waals surface area contributed by atoms with Gasteiger partial charge in [-0.15, -0.1) is 0 Å². The molecule has 23 heavy (non-hydrogen) atoms. The molecule has 0 radical (unpaired) electrons. The molecule has 1 N–H and O–H groups in total. The number of halogens is 2. The molecule has 1 aliphatic heterocycles. The zero-order chi connectivity index (χ0) is 16.2. The third-order valence-corrected chi connectivity index (χ3v) is 4.49. The molecule has 2 aromatic carbocycles. The highest BCUT2D eigenvalue weighted by Crippen LogP contribution is 2.28. The van der Waals surface area contributed by atoms with E-state index in [9.17, 15) is 5.11 Å². The van der Waals surface area contributed by atoms with E-state index in [2.05, 4.69) is 23.1 Å². The first-order valence-electron chi connectivity index (χ1n) is 7.72. The Morgan fingerprint density at radius 1 is 1.17 bits per heavy atom. The minimum absolute atomic E-state index is 0.194. The van der Waals surface area contributed by atoms with Gasteiger partial charge in [0.05, 0.1) is 5.02 Å². The normalized spacial score (nSPS) is 15.2. The first-order chi connectivity index (χ1) is 11.1. The summed E-state index contributed by atoms with van der Waals surface area (Å²) in [4.78, 5) is 2.22. The zero-order valence-corrected chi connectivity index (χ0v) is 14.2. The van der Waals surface area contributed by atoms with Crippen LogP contribution >= 0.6 is 23.2 Å². The first-order valence-corrected chi connectivity index (χ1v) is 8.48. The van der Waals surface area contributed by atoms with Crippen LogP contribution in [0.4, 0.5) is 5.69 Å². The number of hydrogen-bond donors (Lipinski definition) is 1. The summed E-state index contributed by atoms with van der Waals surface area (Å²) in [6.07, 6.45) is 1.61. The van der Waals surface area contributed by atoms with Crippen LogP contribution in [0.25, 0.3) is 0 Å². The molecule has 0 aliphatic carbocycles. The number of nitrogens with zero attached hydrogens (tertiary/aromatic N) is 1. The van der Waals surface area contributed by atoms with Crippen molar-refractivity contribution in [3.63, 3.8) is 0 Å². The van der Waals surface area contributed by atoms with Gasteiger partial charge in [0.25, 0.3) is 0 Å². The molecule has 0 spiro atoms. The monoisotopic (exact) mass is 351 g/mol. The number of aliphatic hydroxyl groups excluding tert-OH is 1. The molecule has 0 saturated heterocycles. The minimum Gasteiger partial charge on any atom is -0.489 e. The number of rotatable bonds is 5. The number of para-hydroxylation sites is 1. The lowest BCUT2D eigenvalue weighted by Crippen LogP contribution is -2.38. The summed E-state index contributed by atoms with van der Waals surface area (Å²) in [6, 6.07) is 13.4. The van der Waals surface area contributed by atoms with E-state index < -0.39 is 6.10 Å². The smallest absolute Gasteiger partial charge is 0.138 e. The van der Waals surface area contributed by atoms with E-state index >= 15 is 0 Å². The molecule has 2 aromatic rings. The molecule has 1 heterocycles. The highest BCUT2D eigenvalue weighted by molar-refractivity contribution is 6.35. The second kappa shape index (κ2) is 7.43. The Kier molecular flexibility index (Phi) is 5.31. The Balaban J connectivity index is 1.59. The van der Waals surface area contributed by atoms with Crippen molar-refractivity contribution in [2.24, 2.45) is 0 Å². The molecule has 122 valence electrons. The minimum atomic E-state index is -0.590. The predicted octanol–water partition coefficient (Wildman–Crippen LogP) is 4.19. The maximum absolute atomic E-state index is 10.3. The molecular formula is C18H19Cl2NO2. The average Bonchev–Trinajstić information content (AvgIpc) is 2.54.